The van der Waals surface area contributed by atoms with Crippen LogP contribution in [0.15, 0.2) is 30.8 Å². The van der Waals surface area contributed by atoms with Crippen molar-refractivity contribution in [2.45, 2.75) is 11.8 Å². The van der Waals surface area contributed by atoms with Crippen LogP contribution in [0.5, 0.6) is 0 Å². The van der Waals surface area contributed by atoms with Gasteiger partial charge in [-0.25, -0.2) is 0 Å². The highest BCUT2D eigenvalue weighted by molar-refractivity contribution is 7.67. The van der Waals surface area contributed by atoms with Crippen LogP contribution in [-0.4, -0.2) is 16.7 Å². The Balaban J connectivity index is 3.28. The number of hydrogen-bond acceptors (Lipinski definition) is 1. The van der Waals surface area contributed by atoms with E-state index in [2.05, 4.69) is 6.58 Å². The first-order chi connectivity index (χ1) is 8.04. The van der Waals surface area contributed by atoms with Crippen LogP contribution in [0, 0.1) is 0 Å². The molecular formula is C10H8F5O2P. The number of benzene rings is 1. The van der Waals surface area contributed by atoms with Gasteiger partial charge in [-0.05, 0) is 17.7 Å². The van der Waals surface area contributed by atoms with Gasteiger partial charge in [0.2, 0.25) is 0 Å². The van der Waals surface area contributed by atoms with Crippen LogP contribution < -0.4 is 5.30 Å². The maximum atomic E-state index is 12.9. The summed E-state index contributed by atoms with van der Waals surface area (Å²) in [5.41, 5.74) is -5.26. The van der Waals surface area contributed by atoms with Crippen LogP contribution in [0.1, 0.15) is 5.56 Å². The lowest BCUT2D eigenvalue weighted by Gasteiger charge is -2.24. The van der Waals surface area contributed by atoms with Crippen molar-refractivity contribution >= 4 is 18.7 Å². The average Bonchev–Trinajstić information content (AvgIpc) is 2.27. The molecule has 0 aromatic heterocycles. The largest absolute Gasteiger partial charge is 0.463 e. The Morgan fingerprint density at radius 2 is 1.56 bits per heavy atom. The highest BCUT2D eigenvalue weighted by Gasteiger charge is 2.69. The summed E-state index contributed by atoms with van der Waals surface area (Å²) >= 11 is 0. The summed E-state index contributed by atoms with van der Waals surface area (Å²) in [6, 6.07) is 3.74. The molecule has 0 saturated carbocycles. The lowest BCUT2D eigenvalue weighted by molar-refractivity contribution is -0.244. The first-order valence-corrected chi connectivity index (χ1v) is 6.20. The van der Waals surface area contributed by atoms with Crippen molar-refractivity contribution in [3.63, 3.8) is 0 Å². The molecule has 100 valence electrons. The highest BCUT2D eigenvalue weighted by Crippen LogP contribution is 2.62. The van der Waals surface area contributed by atoms with E-state index >= 15 is 0 Å². The van der Waals surface area contributed by atoms with E-state index in [1.54, 1.807) is 0 Å². The molecule has 0 spiro atoms. The van der Waals surface area contributed by atoms with Crippen molar-refractivity contribution in [3.8, 4) is 0 Å². The molecule has 0 radical (unpaired) electrons. The SMILES string of the molecule is C=Cc1ccc(P(=O)(O)C(F)(F)C(F)(F)F)cc1. The van der Waals surface area contributed by atoms with Crippen molar-refractivity contribution in [1.82, 2.24) is 0 Å². The molecule has 1 atom stereocenters. The van der Waals surface area contributed by atoms with E-state index in [1.807, 2.05) is 0 Å². The van der Waals surface area contributed by atoms with E-state index in [9.17, 15) is 26.5 Å². The summed E-state index contributed by atoms with van der Waals surface area (Å²) in [5.74, 6) is 0. The molecule has 0 aliphatic carbocycles. The van der Waals surface area contributed by atoms with Gasteiger partial charge >= 0.3 is 19.2 Å². The quantitative estimate of drug-likeness (QED) is 0.683. The Morgan fingerprint density at radius 3 is 1.89 bits per heavy atom. The van der Waals surface area contributed by atoms with Crippen molar-refractivity contribution in [2.24, 2.45) is 0 Å². The van der Waals surface area contributed by atoms with Gasteiger partial charge in [0.05, 0.1) is 0 Å². The Bertz CT molecular complexity index is 492. The number of hydrogen-bond donors (Lipinski definition) is 1. The topological polar surface area (TPSA) is 37.3 Å². The highest BCUT2D eigenvalue weighted by atomic mass is 31.2. The van der Waals surface area contributed by atoms with Crippen LogP contribution in [0.4, 0.5) is 22.0 Å². The third-order valence-electron chi connectivity index (χ3n) is 2.20. The van der Waals surface area contributed by atoms with E-state index in [0.29, 0.717) is 5.56 Å². The maximum absolute atomic E-state index is 12.9. The maximum Gasteiger partial charge on any atom is 0.463 e. The molecule has 0 aliphatic heterocycles. The zero-order valence-corrected chi connectivity index (χ0v) is 9.68. The number of rotatable bonds is 3. The minimum absolute atomic E-state index is 0.425. The molecule has 2 nitrogen and oxygen atoms in total. The van der Waals surface area contributed by atoms with Crippen LogP contribution in [-0.2, 0) is 4.57 Å². The Labute approximate surface area is 99.2 Å². The van der Waals surface area contributed by atoms with Gasteiger partial charge in [-0.15, -0.1) is 0 Å². The Morgan fingerprint density at radius 1 is 1.11 bits per heavy atom. The zero-order valence-electron chi connectivity index (χ0n) is 8.79. The standard InChI is InChI=1S/C10H8F5O2P/c1-2-7-3-5-8(6-4-7)18(16,17)10(14,15)9(11,12)13/h2-6H,1H2,(H,16,17). The number of halogens is 5. The third-order valence-corrected chi connectivity index (χ3v) is 4.21. The van der Waals surface area contributed by atoms with Crippen LogP contribution in [0.2, 0.25) is 0 Å². The molecule has 1 N–H and O–H groups in total. The molecule has 1 aromatic rings. The van der Waals surface area contributed by atoms with Crippen LogP contribution in [0.3, 0.4) is 0 Å². The molecule has 0 saturated heterocycles. The molecule has 0 aliphatic rings. The summed E-state index contributed by atoms with van der Waals surface area (Å²) in [7, 11) is -5.89. The fraction of sp³-hybridized carbons (Fsp3) is 0.200. The summed E-state index contributed by atoms with van der Waals surface area (Å²) < 4.78 is 73.4. The third kappa shape index (κ3) is 2.33. The summed E-state index contributed by atoms with van der Waals surface area (Å²) in [6.45, 7) is 3.35. The van der Waals surface area contributed by atoms with Gasteiger partial charge in [0.25, 0.3) is 0 Å². The second-order valence-corrected chi connectivity index (χ2v) is 5.64. The Kier molecular flexibility index (Phi) is 3.70. The normalized spacial score (nSPS) is 16.1. The predicted octanol–water partition coefficient (Wildman–Crippen LogP) is 3.38. The van der Waals surface area contributed by atoms with Gasteiger partial charge in [0.15, 0.2) is 0 Å². The van der Waals surface area contributed by atoms with Crippen molar-refractivity contribution in [1.29, 1.82) is 0 Å². The van der Waals surface area contributed by atoms with Crippen LogP contribution in [0.25, 0.3) is 6.08 Å². The minimum Gasteiger partial charge on any atom is -0.337 e. The molecule has 1 rings (SSSR count). The first-order valence-electron chi connectivity index (χ1n) is 4.54. The van der Waals surface area contributed by atoms with Crippen LogP contribution >= 0.6 is 7.37 Å². The summed E-state index contributed by atoms with van der Waals surface area (Å²) in [4.78, 5) is 9.07. The monoisotopic (exact) mass is 286 g/mol. The summed E-state index contributed by atoms with van der Waals surface area (Å²) in [6.07, 6.45) is -4.78. The number of alkyl halides is 5. The van der Waals surface area contributed by atoms with Crippen molar-refractivity contribution < 1.29 is 31.4 Å². The average molecular weight is 286 g/mol. The van der Waals surface area contributed by atoms with Gasteiger partial charge in [-0.3, -0.25) is 4.57 Å². The molecule has 0 amide bonds. The molecule has 18 heavy (non-hydrogen) atoms. The second-order valence-electron chi connectivity index (χ2n) is 3.41. The lowest BCUT2D eigenvalue weighted by atomic mass is 10.2. The summed E-state index contributed by atoms with van der Waals surface area (Å²) in [5, 5.41) is -0.963. The zero-order chi connectivity index (χ0) is 14.2. The minimum atomic E-state index is -6.09. The van der Waals surface area contributed by atoms with Gasteiger partial charge in [-0.1, -0.05) is 24.8 Å². The van der Waals surface area contributed by atoms with E-state index in [-0.39, 0.29) is 0 Å². The van der Waals surface area contributed by atoms with E-state index in [4.69, 9.17) is 4.89 Å². The smallest absolute Gasteiger partial charge is 0.337 e. The lowest BCUT2D eigenvalue weighted by Crippen LogP contribution is -2.39. The van der Waals surface area contributed by atoms with Gasteiger partial charge in [-0.2, -0.15) is 22.0 Å². The molecule has 0 heterocycles. The Hall–Kier alpha value is -1.20. The molecular weight excluding hydrogens is 278 g/mol. The fourth-order valence-electron chi connectivity index (χ4n) is 1.15. The van der Waals surface area contributed by atoms with Crippen molar-refractivity contribution in [3.05, 3.63) is 36.4 Å². The van der Waals surface area contributed by atoms with E-state index < -0.39 is 24.5 Å². The molecule has 1 unspecified atom stereocenters. The molecule has 0 bridgehead atoms. The molecule has 8 heteroatoms. The van der Waals surface area contributed by atoms with E-state index in [0.717, 1.165) is 24.3 Å². The van der Waals surface area contributed by atoms with Gasteiger partial charge < -0.3 is 4.89 Å². The molecule has 0 fully saturated rings. The van der Waals surface area contributed by atoms with Gasteiger partial charge in [0.1, 0.15) is 0 Å². The second kappa shape index (κ2) is 4.48. The predicted molar refractivity (Wildman–Crippen MR) is 57.0 cm³/mol. The van der Waals surface area contributed by atoms with E-state index in [1.165, 1.54) is 6.08 Å². The first kappa shape index (κ1) is 14.9. The molecule has 1 aromatic carbocycles. The van der Waals surface area contributed by atoms with Crippen molar-refractivity contribution in [2.75, 3.05) is 0 Å². The fourth-order valence-corrected chi connectivity index (χ4v) is 2.37. The van der Waals surface area contributed by atoms with Gasteiger partial charge in [0, 0.05) is 5.30 Å².